The minimum Gasteiger partial charge on any atom is -0.462 e. The summed E-state index contributed by atoms with van der Waals surface area (Å²) in [4.78, 5) is 72.8. The van der Waals surface area contributed by atoms with Crippen LogP contribution in [0.15, 0.2) is 122 Å². The lowest BCUT2D eigenvalue weighted by Gasteiger charge is -2.21. The number of carbonyl (C=O) groups is 4. The van der Waals surface area contributed by atoms with E-state index in [1.807, 2.05) is 0 Å². The quantitative estimate of drug-likeness (QED) is 0.0169. The Morgan fingerprint density at radius 2 is 0.530 bits per heavy atom. The lowest BCUT2D eigenvalue weighted by molar-refractivity contribution is -0.161. The smallest absolute Gasteiger partial charge is 0.462 e. The number of hydrogen-bond acceptors (Lipinski definition) is 15. The molecule has 0 aliphatic carbocycles. The van der Waals surface area contributed by atoms with Crippen molar-refractivity contribution in [3.63, 3.8) is 0 Å². The first-order valence-corrected chi connectivity index (χ1v) is 41.8. The number of carbonyl (C=O) groups excluding carboxylic acids is 4. The van der Waals surface area contributed by atoms with Gasteiger partial charge in [-0.3, -0.25) is 37.3 Å². The molecule has 5 unspecified atom stereocenters. The average Bonchev–Trinajstić information content (AvgIpc) is 0.985. The van der Waals surface area contributed by atoms with Gasteiger partial charge in [0.1, 0.15) is 19.3 Å². The summed E-state index contributed by atoms with van der Waals surface area (Å²) in [6, 6.07) is 0. The Kier molecular flexibility index (Phi) is 69.5. The molecule has 574 valence electrons. The van der Waals surface area contributed by atoms with E-state index in [1.54, 1.807) is 0 Å². The van der Waals surface area contributed by atoms with E-state index in [0.717, 1.165) is 154 Å². The summed E-state index contributed by atoms with van der Waals surface area (Å²) in [7, 11) is -9.97. The Morgan fingerprint density at radius 1 is 0.290 bits per heavy atom. The molecule has 0 aromatic heterocycles. The first-order chi connectivity index (χ1) is 48.7. The predicted molar refractivity (Wildman–Crippen MR) is 408 cm³/mol. The van der Waals surface area contributed by atoms with Crippen LogP contribution in [0.3, 0.4) is 0 Å². The molecule has 0 spiro atoms. The van der Waals surface area contributed by atoms with Crippen molar-refractivity contribution in [2.24, 2.45) is 0 Å². The summed E-state index contributed by atoms with van der Waals surface area (Å²) in [5.41, 5.74) is 0. The van der Waals surface area contributed by atoms with Crippen LogP contribution < -0.4 is 0 Å². The normalized spacial score (nSPS) is 14.6. The van der Waals surface area contributed by atoms with Crippen LogP contribution in [0.5, 0.6) is 0 Å². The molecule has 0 aliphatic rings. The molecule has 0 fully saturated rings. The van der Waals surface area contributed by atoms with Gasteiger partial charge in [-0.1, -0.05) is 278 Å². The number of allylic oxidation sites excluding steroid dienone is 20. The van der Waals surface area contributed by atoms with E-state index in [4.69, 9.17) is 37.0 Å². The van der Waals surface area contributed by atoms with E-state index in [9.17, 15) is 43.2 Å². The monoisotopic (exact) mass is 1440 g/mol. The molecule has 0 amide bonds. The van der Waals surface area contributed by atoms with Crippen molar-refractivity contribution in [3.8, 4) is 0 Å². The van der Waals surface area contributed by atoms with Crippen LogP contribution in [0.25, 0.3) is 0 Å². The van der Waals surface area contributed by atoms with Gasteiger partial charge in [0.25, 0.3) is 0 Å². The highest BCUT2D eigenvalue weighted by molar-refractivity contribution is 7.47. The lowest BCUT2D eigenvalue weighted by atomic mass is 10.0. The zero-order chi connectivity index (χ0) is 73.2. The van der Waals surface area contributed by atoms with Gasteiger partial charge in [-0.05, 0) is 128 Å². The molecular formula is C81H138O17P2. The Hall–Kier alpha value is -4.54. The summed E-state index contributed by atoms with van der Waals surface area (Å²) in [6.07, 6.45) is 79.1. The van der Waals surface area contributed by atoms with Gasteiger partial charge in [0, 0.05) is 25.7 Å². The van der Waals surface area contributed by atoms with Gasteiger partial charge in [-0.15, -0.1) is 0 Å². The van der Waals surface area contributed by atoms with E-state index in [0.29, 0.717) is 25.7 Å². The number of esters is 4. The molecule has 17 nitrogen and oxygen atoms in total. The Balaban J connectivity index is 5.38. The number of aliphatic hydroxyl groups is 1. The fourth-order valence-corrected chi connectivity index (χ4v) is 11.6. The molecule has 0 rings (SSSR count). The van der Waals surface area contributed by atoms with Crippen LogP contribution in [-0.4, -0.2) is 96.7 Å². The molecule has 0 saturated carbocycles. The second-order valence-electron chi connectivity index (χ2n) is 25.5. The zero-order valence-corrected chi connectivity index (χ0v) is 64.4. The molecule has 5 atom stereocenters. The molecule has 0 radical (unpaired) electrons. The molecule has 0 heterocycles. The van der Waals surface area contributed by atoms with E-state index in [-0.39, 0.29) is 25.7 Å². The minimum atomic E-state index is -4.99. The highest BCUT2D eigenvalue weighted by Crippen LogP contribution is 2.45. The van der Waals surface area contributed by atoms with Crippen LogP contribution in [0.2, 0.25) is 0 Å². The van der Waals surface area contributed by atoms with Crippen molar-refractivity contribution in [3.05, 3.63) is 122 Å². The topological polar surface area (TPSA) is 237 Å². The van der Waals surface area contributed by atoms with Crippen LogP contribution in [-0.2, 0) is 65.4 Å². The Labute approximate surface area is 606 Å². The molecule has 0 saturated heterocycles. The van der Waals surface area contributed by atoms with Crippen molar-refractivity contribution in [1.29, 1.82) is 0 Å². The SMILES string of the molecule is CC/C=C\C/C=C\C/C=C\C/C=C\C/C=C\CCCCCC(=O)OCC(COP(=O)(O)OCC(O)COP(=O)(O)OCC(COC(=O)CCCC/C=C\C/C=C\C/C=C\C/C=C\CC)OC(=O)CCCCCCC/C=C\CCCC)OC(=O)CCCCCCCCCCCCCCCCC. The molecule has 19 heteroatoms. The van der Waals surface area contributed by atoms with E-state index < -0.39 is 97.5 Å². The molecule has 100 heavy (non-hydrogen) atoms. The van der Waals surface area contributed by atoms with Gasteiger partial charge < -0.3 is 33.8 Å². The van der Waals surface area contributed by atoms with Crippen LogP contribution in [0.1, 0.15) is 310 Å². The van der Waals surface area contributed by atoms with Gasteiger partial charge in [0.15, 0.2) is 12.2 Å². The summed E-state index contributed by atoms with van der Waals surface area (Å²) >= 11 is 0. The van der Waals surface area contributed by atoms with Crippen molar-refractivity contribution >= 4 is 39.5 Å². The minimum absolute atomic E-state index is 0.0731. The number of phosphoric acid groups is 2. The third-order valence-corrected chi connectivity index (χ3v) is 17.8. The maximum atomic E-state index is 13.1. The van der Waals surface area contributed by atoms with Crippen molar-refractivity contribution < 1.29 is 80.2 Å². The maximum absolute atomic E-state index is 13.1. The standard InChI is InChI=1S/C81H138O17P2/c1-5-9-13-17-21-25-29-32-35-36-37-38-41-43-47-50-54-58-62-66-79(84)92-72-77(98-81(86)68-64-60-56-52-48-44-40-34-31-27-23-19-15-11-7-3)74-96-100(89,90)94-70-75(82)69-93-99(87,88)95-73-76(97-80(85)67-63-59-55-51-45-28-24-20-16-12-8-4)71-91-78(83)65-61-57-53-49-46-42-39-33-30-26-22-18-14-10-6-2/h9-10,13-14,20-22,24-26,32-33,35,37-39,43,46-47,49,75-77,82H,5-8,11-12,15-19,23,27-31,34,36,40-42,44-45,48,50-74H2,1-4H3,(H,87,88)(H,89,90)/b13-9-,14-10-,24-20-,25-21-,26-22-,35-32-,38-37-,39-33-,47-43-,49-46-. The third-order valence-electron chi connectivity index (χ3n) is 15.9. The summed E-state index contributed by atoms with van der Waals surface area (Å²) in [6.45, 7) is 4.52. The number of hydrogen-bond donors (Lipinski definition) is 3. The third kappa shape index (κ3) is 71.8. The summed E-state index contributed by atoms with van der Waals surface area (Å²) < 4.78 is 68.4. The van der Waals surface area contributed by atoms with E-state index >= 15 is 0 Å². The van der Waals surface area contributed by atoms with E-state index in [1.165, 1.54) is 77.0 Å². The average molecular weight is 1450 g/mol. The predicted octanol–water partition coefficient (Wildman–Crippen LogP) is 22.3. The highest BCUT2D eigenvalue weighted by Gasteiger charge is 2.30. The molecule has 0 aromatic carbocycles. The Bertz CT molecular complexity index is 2370. The number of unbranched alkanes of at least 4 members (excludes halogenated alkanes) is 26. The van der Waals surface area contributed by atoms with Gasteiger partial charge in [0.2, 0.25) is 0 Å². The molecule has 0 aliphatic heterocycles. The first kappa shape index (κ1) is 95.5. The number of phosphoric ester groups is 2. The van der Waals surface area contributed by atoms with Gasteiger partial charge >= 0.3 is 39.5 Å². The zero-order valence-electron chi connectivity index (χ0n) is 62.6. The largest absolute Gasteiger partial charge is 0.472 e. The first-order valence-electron chi connectivity index (χ1n) is 38.8. The fraction of sp³-hybridized carbons (Fsp3) is 0.704. The Morgan fingerprint density at radius 3 is 0.870 bits per heavy atom. The number of ether oxygens (including phenoxy) is 4. The molecular weight excluding hydrogens is 1310 g/mol. The number of rotatable bonds is 72. The lowest BCUT2D eigenvalue weighted by Crippen LogP contribution is -2.30. The van der Waals surface area contributed by atoms with Crippen LogP contribution in [0.4, 0.5) is 0 Å². The van der Waals surface area contributed by atoms with Crippen molar-refractivity contribution in [2.75, 3.05) is 39.6 Å². The van der Waals surface area contributed by atoms with Crippen LogP contribution >= 0.6 is 15.6 Å². The fourth-order valence-electron chi connectivity index (χ4n) is 10.0. The second kappa shape index (κ2) is 72.8. The second-order valence-corrected chi connectivity index (χ2v) is 28.4. The molecule has 0 aromatic rings. The highest BCUT2D eigenvalue weighted by atomic mass is 31.2. The molecule has 0 bridgehead atoms. The van der Waals surface area contributed by atoms with E-state index in [2.05, 4.69) is 149 Å². The number of aliphatic hydroxyl groups excluding tert-OH is 1. The van der Waals surface area contributed by atoms with Crippen LogP contribution in [0, 0.1) is 0 Å². The van der Waals surface area contributed by atoms with Crippen molar-refractivity contribution in [1.82, 2.24) is 0 Å². The van der Waals surface area contributed by atoms with Gasteiger partial charge in [-0.25, -0.2) is 9.13 Å². The maximum Gasteiger partial charge on any atom is 0.472 e. The van der Waals surface area contributed by atoms with Gasteiger partial charge in [-0.2, -0.15) is 0 Å². The summed E-state index contributed by atoms with van der Waals surface area (Å²) in [5.74, 6) is -2.26. The van der Waals surface area contributed by atoms with Crippen molar-refractivity contribution in [2.45, 2.75) is 329 Å². The van der Waals surface area contributed by atoms with Gasteiger partial charge in [0.05, 0.1) is 26.4 Å². The molecule has 3 N–H and O–H groups in total. The summed E-state index contributed by atoms with van der Waals surface area (Å²) in [5, 5.41) is 10.6.